The van der Waals surface area contributed by atoms with E-state index in [1.807, 2.05) is 0 Å². The first kappa shape index (κ1) is 15.6. The standard InChI is InChI=1S/C18H16O7/c1-9-5-12-16(18(20)24-9)11(8-15(19)25-12)10-6-13(21-2)17-14(7-10)22-3-4-23-17/h5-7,11H,3-4,8H2,1-2H3/t11-/m0/s1. The highest BCUT2D eigenvalue weighted by Gasteiger charge is 2.34. The predicted octanol–water partition coefficient (Wildman–Crippen LogP) is 2.17. The van der Waals surface area contributed by atoms with Gasteiger partial charge in [-0.3, -0.25) is 4.79 Å². The molecule has 0 saturated heterocycles. The molecule has 0 amide bonds. The highest BCUT2D eigenvalue weighted by Crippen LogP contribution is 2.45. The summed E-state index contributed by atoms with van der Waals surface area (Å²) in [6.07, 6.45) is 0.0314. The average molecular weight is 344 g/mol. The first-order valence-electron chi connectivity index (χ1n) is 7.89. The van der Waals surface area contributed by atoms with Gasteiger partial charge in [-0.2, -0.15) is 0 Å². The van der Waals surface area contributed by atoms with Crippen LogP contribution in [0, 0.1) is 6.92 Å². The van der Waals surface area contributed by atoms with E-state index in [-0.39, 0.29) is 12.2 Å². The Hall–Kier alpha value is -2.96. The van der Waals surface area contributed by atoms with Gasteiger partial charge in [-0.1, -0.05) is 0 Å². The zero-order chi connectivity index (χ0) is 17.6. The fourth-order valence-corrected chi connectivity index (χ4v) is 3.20. The molecule has 1 aromatic carbocycles. The Bertz CT molecular complexity index is 895. The number of carbonyl (C=O) groups excluding carboxylic acids is 1. The van der Waals surface area contributed by atoms with Crippen molar-refractivity contribution in [2.45, 2.75) is 19.3 Å². The number of hydrogen-bond acceptors (Lipinski definition) is 7. The van der Waals surface area contributed by atoms with Crippen LogP contribution in [0.3, 0.4) is 0 Å². The lowest BCUT2D eigenvalue weighted by molar-refractivity contribution is -0.135. The van der Waals surface area contributed by atoms with Crippen LogP contribution < -0.4 is 24.6 Å². The number of ether oxygens (including phenoxy) is 4. The maximum absolute atomic E-state index is 12.4. The summed E-state index contributed by atoms with van der Waals surface area (Å²) in [7, 11) is 1.53. The minimum Gasteiger partial charge on any atom is -0.493 e. The molecule has 0 unspecified atom stereocenters. The van der Waals surface area contributed by atoms with E-state index >= 15 is 0 Å². The van der Waals surface area contributed by atoms with Crippen molar-refractivity contribution in [2.75, 3.05) is 20.3 Å². The van der Waals surface area contributed by atoms with Crippen molar-refractivity contribution in [3.05, 3.63) is 45.5 Å². The van der Waals surface area contributed by atoms with Gasteiger partial charge < -0.3 is 23.4 Å². The Morgan fingerprint density at radius 2 is 1.88 bits per heavy atom. The Balaban J connectivity index is 1.89. The maximum atomic E-state index is 12.4. The second kappa shape index (κ2) is 5.84. The highest BCUT2D eigenvalue weighted by molar-refractivity contribution is 5.77. The number of hydrogen-bond donors (Lipinski definition) is 0. The highest BCUT2D eigenvalue weighted by atomic mass is 16.6. The summed E-state index contributed by atoms with van der Waals surface area (Å²) in [6.45, 7) is 2.49. The molecule has 130 valence electrons. The molecule has 25 heavy (non-hydrogen) atoms. The first-order valence-corrected chi connectivity index (χ1v) is 7.89. The Kier molecular flexibility index (Phi) is 3.63. The first-order chi connectivity index (χ1) is 12.1. The van der Waals surface area contributed by atoms with E-state index in [0.29, 0.717) is 47.3 Å². The molecule has 7 nitrogen and oxygen atoms in total. The second-order valence-corrected chi connectivity index (χ2v) is 5.90. The minimum absolute atomic E-state index is 0.0314. The lowest BCUT2D eigenvalue weighted by Crippen LogP contribution is -2.27. The molecule has 4 rings (SSSR count). The number of esters is 1. The third-order valence-electron chi connectivity index (χ3n) is 4.27. The second-order valence-electron chi connectivity index (χ2n) is 5.90. The van der Waals surface area contributed by atoms with Crippen molar-refractivity contribution in [3.63, 3.8) is 0 Å². The van der Waals surface area contributed by atoms with Crippen LogP contribution in [0.1, 0.15) is 29.2 Å². The van der Waals surface area contributed by atoms with E-state index < -0.39 is 17.5 Å². The Morgan fingerprint density at radius 1 is 1.08 bits per heavy atom. The molecule has 2 aliphatic rings. The lowest BCUT2D eigenvalue weighted by Gasteiger charge is -2.26. The van der Waals surface area contributed by atoms with Gasteiger partial charge in [0.1, 0.15) is 24.7 Å². The number of aryl methyl sites for hydroxylation is 1. The summed E-state index contributed by atoms with van der Waals surface area (Å²) < 4.78 is 27.0. The zero-order valence-corrected chi connectivity index (χ0v) is 13.8. The minimum atomic E-state index is -0.513. The zero-order valence-electron chi connectivity index (χ0n) is 13.8. The summed E-state index contributed by atoms with van der Waals surface area (Å²) in [6, 6.07) is 5.07. The van der Waals surface area contributed by atoms with Crippen LogP contribution in [0.4, 0.5) is 0 Å². The van der Waals surface area contributed by atoms with E-state index in [1.165, 1.54) is 7.11 Å². The fourth-order valence-electron chi connectivity index (χ4n) is 3.20. The van der Waals surface area contributed by atoms with Crippen molar-refractivity contribution in [1.82, 2.24) is 0 Å². The molecule has 0 fully saturated rings. The lowest BCUT2D eigenvalue weighted by atomic mass is 9.87. The van der Waals surface area contributed by atoms with Gasteiger partial charge in [0.05, 0.1) is 19.1 Å². The van der Waals surface area contributed by atoms with Gasteiger partial charge in [0, 0.05) is 12.0 Å². The molecule has 0 spiro atoms. The average Bonchev–Trinajstić information content (AvgIpc) is 2.59. The molecule has 0 saturated carbocycles. The van der Waals surface area contributed by atoms with Crippen molar-refractivity contribution in [1.29, 1.82) is 0 Å². The van der Waals surface area contributed by atoms with E-state index in [2.05, 4.69) is 0 Å². The van der Waals surface area contributed by atoms with Crippen molar-refractivity contribution in [2.24, 2.45) is 0 Å². The molecule has 1 aromatic heterocycles. The molecule has 0 radical (unpaired) electrons. The number of rotatable bonds is 2. The molecular formula is C18H16O7. The molecule has 7 heteroatoms. The molecule has 1 atom stereocenters. The molecule has 0 aliphatic carbocycles. The molecule has 0 N–H and O–H groups in total. The number of fused-ring (bicyclic) bond motifs is 2. The monoisotopic (exact) mass is 344 g/mol. The van der Waals surface area contributed by atoms with E-state index in [1.54, 1.807) is 25.1 Å². The van der Waals surface area contributed by atoms with E-state index in [0.717, 1.165) is 0 Å². The summed E-state index contributed by atoms with van der Waals surface area (Å²) >= 11 is 0. The SMILES string of the molecule is COc1cc([C@@H]2CC(=O)Oc3cc(C)oc(=O)c32)cc2c1OCCO2. The van der Waals surface area contributed by atoms with Gasteiger partial charge >= 0.3 is 11.6 Å². The van der Waals surface area contributed by atoms with Gasteiger partial charge in [-0.05, 0) is 24.6 Å². The molecule has 0 bridgehead atoms. The molecule has 2 aromatic rings. The van der Waals surface area contributed by atoms with E-state index in [9.17, 15) is 9.59 Å². The van der Waals surface area contributed by atoms with Gasteiger partial charge in [0.25, 0.3) is 0 Å². The van der Waals surface area contributed by atoms with Crippen LogP contribution in [0.15, 0.2) is 27.4 Å². The van der Waals surface area contributed by atoms with Crippen molar-refractivity contribution < 1.29 is 28.2 Å². The third-order valence-corrected chi connectivity index (χ3v) is 4.27. The van der Waals surface area contributed by atoms with Crippen LogP contribution in [0.25, 0.3) is 0 Å². The number of benzene rings is 1. The Morgan fingerprint density at radius 3 is 2.68 bits per heavy atom. The third kappa shape index (κ3) is 2.61. The van der Waals surface area contributed by atoms with Crippen LogP contribution in [-0.2, 0) is 4.79 Å². The van der Waals surface area contributed by atoms with E-state index in [4.69, 9.17) is 23.4 Å². The number of carbonyl (C=O) groups is 1. The maximum Gasteiger partial charge on any atom is 0.343 e. The fraction of sp³-hybridized carbons (Fsp3) is 0.333. The summed E-state index contributed by atoms with van der Waals surface area (Å²) in [5.41, 5.74) is 0.514. The van der Waals surface area contributed by atoms with Gasteiger partial charge in [-0.15, -0.1) is 0 Å². The van der Waals surface area contributed by atoms with Crippen LogP contribution in [0.5, 0.6) is 23.0 Å². The topological polar surface area (TPSA) is 84.2 Å². The smallest absolute Gasteiger partial charge is 0.343 e. The Labute approximate surface area is 143 Å². The largest absolute Gasteiger partial charge is 0.493 e. The normalized spacial score (nSPS) is 18.3. The van der Waals surface area contributed by atoms with Gasteiger partial charge in [-0.25, -0.2) is 4.79 Å². The summed E-state index contributed by atoms with van der Waals surface area (Å²) in [5, 5.41) is 0. The summed E-state index contributed by atoms with van der Waals surface area (Å²) in [5.74, 6) is 1.25. The van der Waals surface area contributed by atoms with Crippen molar-refractivity contribution in [3.8, 4) is 23.0 Å². The molecule has 3 heterocycles. The number of methoxy groups -OCH3 is 1. The quantitative estimate of drug-likeness (QED) is 0.772. The summed E-state index contributed by atoms with van der Waals surface area (Å²) in [4.78, 5) is 24.4. The van der Waals surface area contributed by atoms with Crippen LogP contribution in [0.2, 0.25) is 0 Å². The molecule has 2 aliphatic heterocycles. The van der Waals surface area contributed by atoms with Gasteiger partial charge in [0.15, 0.2) is 11.5 Å². The van der Waals surface area contributed by atoms with Crippen LogP contribution >= 0.6 is 0 Å². The van der Waals surface area contributed by atoms with Gasteiger partial charge in [0.2, 0.25) is 5.75 Å². The molecular weight excluding hydrogens is 328 g/mol. The van der Waals surface area contributed by atoms with Crippen molar-refractivity contribution >= 4 is 5.97 Å². The predicted molar refractivity (Wildman–Crippen MR) is 85.8 cm³/mol. The van der Waals surface area contributed by atoms with Crippen LogP contribution in [-0.4, -0.2) is 26.3 Å².